The number of nitrogens with one attached hydrogen (secondary N) is 1. The molecular weight excluding hydrogens is 509 g/mol. The Balaban J connectivity index is 1.33. The van der Waals surface area contributed by atoms with Crippen LogP contribution in [0.4, 0.5) is 11.4 Å². The number of hydrogen-bond donors (Lipinski definition) is 1. The van der Waals surface area contributed by atoms with Crippen LogP contribution in [-0.2, 0) is 6.54 Å². The van der Waals surface area contributed by atoms with Crippen molar-refractivity contribution >= 4 is 51.5 Å². The first-order chi connectivity index (χ1) is 14.6. The second kappa shape index (κ2) is 9.81. The van der Waals surface area contributed by atoms with Crippen molar-refractivity contribution < 1.29 is 4.79 Å². The number of carbonyl (C=O) groups excluding carboxylic acids is 1. The van der Waals surface area contributed by atoms with Gasteiger partial charge in [0.05, 0.1) is 10.6 Å². The fourth-order valence-electron chi connectivity index (χ4n) is 3.63. The second-order valence-corrected chi connectivity index (χ2v) is 9.03. The van der Waals surface area contributed by atoms with Gasteiger partial charge in [-0.3, -0.25) is 9.69 Å². The van der Waals surface area contributed by atoms with E-state index >= 15 is 0 Å². The van der Waals surface area contributed by atoms with E-state index in [9.17, 15) is 4.79 Å². The molecule has 0 aromatic heterocycles. The van der Waals surface area contributed by atoms with E-state index in [1.807, 2.05) is 18.2 Å². The molecule has 154 valence electrons. The molecule has 4 nitrogen and oxygen atoms in total. The summed E-state index contributed by atoms with van der Waals surface area (Å²) in [4.78, 5) is 17.4. The molecule has 3 aromatic carbocycles. The molecule has 0 bridgehead atoms. The van der Waals surface area contributed by atoms with Gasteiger partial charge in [-0.25, -0.2) is 0 Å². The van der Waals surface area contributed by atoms with Crippen molar-refractivity contribution in [1.82, 2.24) is 4.90 Å². The van der Waals surface area contributed by atoms with Crippen LogP contribution in [0.2, 0.25) is 5.02 Å². The summed E-state index contributed by atoms with van der Waals surface area (Å²) in [6.07, 6.45) is 0. The van der Waals surface area contributed by atoms with Crippen molar-refractivity contribution in [3.8, 4) is 0 Å². The quantitative estimate of drug-likeness (QED) is 0.441. The van der Waals surface area contributed by atoms with Crippen molar-refractivity contribution in [2.24, 2.45) is 0 Å². The fraction of sp³-hybridized carbons (Fsp3) is 0.208. The van der Waals surface area contributed by atoms with Gasteiger partial charge in [-0.05, 0) is 70.6 Å². The first kappa shape index (κ1) is 21.2. The summed E-state index contributed by atoms with van der Waals surface area (Å²) in [5.41, 5.74) is 3.79. The molecule has 30 heavy (non-hydrogen) atoms. The van der Waals surface area contributed by atoms with Gasteiger partial charge in [0.25, 0.3) is 5.91 Å². The predicted octanol–water partition coefficient (Wildman–Crippen LogP) is 5.52. The first-order valence-electron chi connectivity index (χ1n) is 9.96. The lowest BCUT2D eigenvalue weighted by atomic mass is 10.1. The first-order valence-corrected chi connectivity index (χ1v) is 11.4. The number of rotatable bonds is 5. The zero-order chi connectivity index (χ0) is 20.9. The molecule has 0 saturated carbocycles. The molecule has 1 aliphatic rings. The highest BCUT2D eigenvalue weighted by atomic mass is 127. The summed E-state index contributed by atoms with van der Waals surface area (Å²) in [6.45, 7) is 5.07. The van der Waals surface area contributed by atoms with Crippen LogP contribution in [0.5, 0.6) is 0 Å². The van der Waals surface area contributed by atoms with E-state index in [0.717, 1.165) is 42.0 Å². The zero-order valence-corrected chi connectivity index (χ0v) is 19.4. The van der Waals surface area contributed by atoms with Gasteiger partial charge in [0, 0.05) is 47.7 Å². The average molecular weight is 532 g/mol. The van der Waals surface area contributed by atoms with Crippen molar-refractivity contribution in [2.75, 3.05) is 36.4 Å². The number of carbonyl (C=O) groups is 1. The second-order valence-electron chi connectivity index (χ2n) is 7.37. The molecule has 0 unspecified atom stereocenters. The molecule has 0 atom stereocenters. The van der Waals surface area contributed by atoms with Gasteiger partial charge in [-0.15, -0.1) is 0 Å². The summed E-state index contributed by atoms with van der Waals surface area (Å²) in [5, 5.41) is 3.39. The highest BCUT2D eigenvalue weighted by molar-refractivity contribution is 14.1. The third-order valence-corrected chi connectivity index (χ3v) is 6.29. The summed E-state index contributed by atoms with van der Waals surface area (Å²) < 4.78 is 0.976. The lowest BCUT2D eigenvalue weighted by Gasteiger charge is -2.36. The van der Waals surface area contributed by atoms with Gasteiger partial charge in [0.2, 0.25) is 0 Å². The molecule has 1 aliphatic heterocycles. The van der Waals surface area contributed by atoms with Gasteiger partial charge >= 0.3 is 0 Å². The number of nitrogens with zero attached hydrogens (tertiary/aromatic N) is 2. The summed E-state index contributed by atoms with van der Waals surface area (Å²) in [7, 11) is 0. The lowest BCUT2D eigenvalue weighted by Crippen LogP contribution is -2.45. The average Bonchev–Trinajstić information content (AvgIpc) is 2.77. The molecule has 3 aromatic rings. The van der Waals surface area contributed by atoms with E-state index in [1.54, 1.807) is 12.1 Å². The van der Waals surface area contributed by atoms with E-state index in [2.05, 4.69) is 80.2 Å². The molecule has 6 heteroatoms. The summed E-state index contributed by atoms with van der Waals surface area (Å²) in [5.74, 6) is -0.194. The summed E-state index contributed by atoms with van der Waals surface area (Å²) >= 11 is 8.35. The highest BCUT2D eigenvalue weighted by Crippen LogP contribution is 2.23. The normalized spacial score (nSPS) is 14.5. The largest absolute Gasteiger partial charge is 0.369 e. The monoisotopic (exact) mass is 531 g/mol. The number of benzene rings is 3. The van der Waals surface area contributed by atoms with Crippen LogP contribution in [0.25, 0.3) is 0 Å². The SMILES string of the molecule is O=C(Nc1ccc(N2CCN(Cc3ccccc3)CC2)cc1)c1cc(I)ccc1Cl. The van der Waals surface area contributed by atoms with Gasteiger partial charge in [0.15, 0.2) is 0 Å². The van der Waals surface area contributed by atoms with Crippen molar-refractivity contribution in [2.45, 2.75) is 6.54 Å². The van der Waals surface area contributed by atoms with Gasteiger partial charge in [-0.1, -0.05) is 41.9 Å². The molecule has 1 N–H and O–H groups in total. The minimum Gasteiger partial charge on any atom is -0.369 e. The third-order valence-electron chi connectivity index (χ3n) is 5.28. The molecule has 0 aliphatic carbocycles. The fourth-order valence-corrected chi connectivity index (χ4v) is 4.33. The molecule has 1 fully saturated rings. The standard InChI is InChI=1S/C24H23ClIN3O/c25-23-11-6-19(26)16-22(23)24(30)27-20-7-9-21(10-8-20)29-14-12-28(13-15-29)17-18-4-2-1-3-5-18/h1-11,16H,12-15,17H2,(H,27,30). The summed E-state index contributed by atoms with van der Waals surface area (Å²) in [6, 6.07) is 24.1. The van der Waals surface area contributed by atoms with E-state index < -0.39 is 0 Å². The van der Waals surface area contributed by atoms with E-state index in [1.165, 1.54) is 11.3 Å². The number of hydrogen-bond acceptors (Lipinski definition) is 3. The molecule has 4 rings (SSSR count). The van der Waals surface area contributed by atoms with E-state index in [4.69, 9.17) is 11.6 Å². The predicted molar refractivity (Wildman–Crippen MR) is 132 cm³/mol. The van der Waals surface area contributed by atoms with Crippen LogP contribution < -0.4 is 10.2 Å². The van der Waals surface area contributed by atoms with Crippen LogP contribution >= 0.6 is 34.2 Å². The Hall–Kier alpha value is -2.09. The lowest BCUT2D eigenvalue weighted by molar-refractivity contribution is 0.102. The molecule has 0 radical (unpaired) electrons. The molecule has 0 spiro atoms. The zero-order valence-electron chi connectivity index (χ0n) is 16.5. The maximum Gasteiger partial charge on any atom is 0.257 e. The Kier molecular flexibility index (Phi) is 6.92. The maximum absolute atomic E-state index is 12.5. The van der Waals surface area contributed by atoms with E-state index in [-0.39, 0.29) is 5.91 Å². The van der Waals surface area contributed by atoms with Gasteiger partial charge in [-0.2, -0.15) is 0 Å². The number of halogens is 2. The number of amides is 1. The van der Waals surface area contributed by atoms with Gasteiger partial charge < -0.3 is 10.2 Å². The molecule has 1 amide bonds. The smallest absolute Gasteiger partial charge is 0.257 e. The van der Waals surface area contributed by atoms with Crippen molar-refractivity contribution in [3.63, 3.8) is 0 Å². The molecular formula is C24H23ClIN3O. The Labute approximate surface area is 196 Å². The highest BCUT2D eigenvalue weighted by Gasteiger charge is 2.17. The van der Waals surface area contributed by atoms with Crippen LogP contribution in [-0.4, -0.2) is 37.0 Å². The molecule has 1 saturated heterocycles. The Morgan fingerprint density at radius 1 is 0.933 bits per heavy atom. The minimum absolute atomic E-state index is 0.194. The Bertz CT molecular complexity index is 1000. The van der Waals surface area contributed by atoms with Crippen LogP contribution in [0.3, 0.4) is 0 Å². The van der Waals surface area contributed by atoms with Gasteiger partial charge in [0.1, 0.15) is 0 Å². The third kappa shape index (κ3) is 5.33. The number of anilines is 2. The Morgan fingerprint density at radius 2 is 1.63 bits per heavy atom. The number of piperazine rings is 1. The molecule has 1 heterocycles. The van der Waals surface area contributed by atoms with Crippen molar-refractivity contribution in [1.29, 1.82) is 0 Å². The van der Waals surface area contributed by atoms with Crippen molar-refractivity contribution in [3.05, 3.63) is 92.5 Å². The van der Waals surface area contributed by atoms with Crippen LogP contribution in [0.15, 0.2) is 72.8 Å². The Morgan fingerprint density at radius 3 is 2.33 bits per heavy atom. The maximum atomic E-state index is 12.5. The van der Waals surface area contributed by atoms with Crippen LogP contribution in [0.1, 0.15) is 15.9 Å². The minimum atomic E-state index is -0.194. The van der Waals surface area contributed by atoms with E-state index in [0.29, 0.717) is 10.6 Å². The topological polar surface area (TPSA) is 35.6 Å². The van der Waals surface area contributed by atoms with Crippen LogP contribution in [0, 0.1) is 3.57 Å².